The number of ketones is 1. The molecule has 2 aromatic rings. The van der Waals surface area contributed by atoms with Crippen LogP contribution in [-0.2, 0) is 14.3 Å². The zero-order chi connectivity index (χ0) is 20.4. The number of rotatable bonds is 5. The van der Waals surface area contributed by atoms with Crippen molar-refractivity contribution in [2.75, 3.05) is 31.3 Å². The summed E-state index contributed by atoms with van der Waals surface area (Å²) in [5.74, 6) is -1.69. The predicted octanol–water partition coefficient (Wildman–Crippen LogP) is 2.38. The lowest BCUT2D eigenvalue weighted by Gasteiger charge is -2.18. The lowest BCUT2D eigenvalue weighted by atomic mass is 10.1. The van der Waals surface area contributed by atoms with Crippen LogP contribution in [0.1, 0.15) is 16.8 Å². The first-order chi connectivity index (χ1) is 14.0. The lowest BCUT2D eigenvalue weighted by Crippen LogP contribution is -2.27. The Kier molecular flexibility index (Phi) is 5.16. The fourth-order valence-corrected chi connectivity index (χ4v) is 3.32. The van der Waals surface area contributed by atoms with Crippen molar-refractivity contribution in [1.82, 2.24) is 0 Å². The van der Waals surface area contributed by atoms with Gasteiger partial charge in [0, 0.05) is 18.5 Å². The van der Waals surface area contributed by atoms with Crippen molar-refractivity contribution in [2.24, 2.45) is 5.92 Å². The number of hydrogen-bond acceptors (Lipinski definition) is 6. The van der Waals surface area contributed by atoms with Gasteiger partial charge in [-0.15, -0.1) is 0 Å². The average molecular weight is 399 g/mol. The molecule has 1 amide bonds. The molecule has 0 N–H and O–H groups in total. The molecule has 0 unspecified atom stereocenters. The van der Waals surface area contributed by atoms with Gasteiger partial charge in [0.25, 0.3) is 0 Å². The number of carbonyl (C=O) groups excluding carboxylic acids is 3. The summed E-state index contributed by atoms with van der Waals surface area (Å²) in [4.78, 5) is 38.1. The van der Waals surface area contributed by atoms with Crippen molar-refractivity contribution in [1.29, 1.82) is 0 Å². The van der Waals surface area contributed by atoms with Crippen molar-refractivity contribution < 1.29 is 33.0 Å². The molecule has 1 saturated heterocycles. The highest BCUT2D eigenvalue weighted by Crippen LogP contribution is 2.31. The fourth-order valence-electron chi connectivity index (χ4n) is 3.32. The SMILES string of the molecule is O=C(COC(=O)[C@@H]1CC(=O)N(c2ccccc2F)C1)c1ccc2c(c1)OCCO2. The van der Waals surface area contributed by atoms with Gasteiger partial charge in [-0.2, -0.15) is 0 Å². The number of anilines is 1. The van der Waals surface area contributed by atoms with Crippen molar-refractivity contribution in [3.05, 3.63) is 53.8 Å². The zero-order valence-electron chi connectivity index (χ0n) is 15.4. The van der Waals surface area contributed by atoms with E-state index in [0.717, 1.165) is 0 Å². The second kappa shape index (κ2) is 7.90. The first kappa shape index (κ1) is 18.9. The summed E-state index contributed by atoms with van der Waals surface area (Å²) in [7, 11) is 0. The summed E-state index contributed by atoms with van der Waals surface area (Å²) in [6.45, 7) is 0.398. The summed E-state index contributed by atoms with van der Waals surface area (Å²) in [5.41, 5.74) is 0.456. The Hall–Kier alpha value is -3.42. The highest BCUT2D eigenvalue weighted by molar-refractivity contribution is 6.01. The number of ether oxygens (including phenoxy) is 3. The number of fused-ring (bicyclic) bond motifs is 1. The first-order valence-electron chi connectivity index (χ1n) is 9.17. The quantitative estimate of drug-likeness (QED) is 0.567. The Balaban J connectivity index is 1.36. The van der Waals surface area contributed by atoms with Gasteiger partial charge in [-0.25, -0.2) is 4.39 Å². The largest absolute Gasteiger partial charge is 0.486 e. The summed E-state index contributed by atoms with van der Waals surface area (Å²) in [6, 6.07) is 10.6. The number of benzene rings is 2. The van der Waals surface area contributed by atoms with Gasteiger partial charge >= 0.3 is 5.97 Å². The molecule has 0 spiro atoms. The molecule has 2 aromatic carbocycles. The molecular formula is C21H18FNO6. The second-order valence-electron chi connectivity index (χ2n) is 6.75. The van der Waals surface area contributed by atoms with Gasteiger partial charge in [-0.3, -0.25) is 14.4 Å². The van der Waals surface area contributed by atoms with Crippen LogP contribution < -0.4 is 14.4 Å². The van der Waals surface area contributed by atoms with Gasteiger partial charge in [0.05, 0.1) is 11.6 Å². The molecule has 0 radical (unpaired) electrons. The molecule has 150 valence electrons. The molecule has 0 bridgehead atoms. The molecule has 29 heavy (non-hydrogen) atoms. The second-order valence-corrected chi connectivity index (χ2v) is 6.75. The molecule has 0 saturated carbocycles. The minimum absolute atomic E-state index is 0.0107. The minimum atomic E-state index is -0.754. The molecule has 2 heterocycles. The highest BCUT2D eigenvalue weighted by Gasteiger charge is 2.37. The first-order valence-corrected chi connectivity index (χ1v) is 9.17. The monoisotopic (exact) mass is 399 g/mol. The predicted molar refractivity (Wildman–Crippen MR) is 99.6 cm³/mol. The van der Waals surface area contributed by atoms with E-state index >= 15 is 0 Å². The summed E-state index contributed by atoms with van der Waals surface area (Å²) in [5, 5.41) is 0. The highest BCUT2D eigenvalue weighted by atomic mass is 19.1. The van der Waals surface area contributed by atoms with Crippen LogP contribution in [0.4, 0.5) is 10.1 Å². The molecule has 2 aliphatic heterocycles. The maximum atomic E-state index is 13.9. The third kappa shape index (κ3) is 3.91. The molecule has 4 rings (SSSR count). The number of nitrogens with zero attached hydrogens (tertiary/aromatic N) is 1. The Morgan fingerprint density at radius 3 is 2.66 bits per heavy atom. The standard InChI is InChI=1S/C21H18FNO6/c22-15-3-1-2-4-16(15)23-11-14(10-20(23)25)21(26)29-12-17(24)13-5-6-18-19(9-13)28-8-7-27-18/h1-6,9,14H,7-8,10-12H2/t14-/m1/s1. The molecule has 1 atom stereocenters. The Bertz CT molecular complexity index is 975. The molecule has 7 nitrogen and oxygen atoms in total. The normalized spacial score (nSPS) is 17.9. The van der Waals surface area contributed by atoms with Crippen molar-refractivity contribution in [2.45, 2.75) is 6.42 Å². The third-order valence-corrected chi connectivity index (χ3v) is 4.81. The smallest absolute Gasteiger partial charge is 0.311 e. The summed E-state index contributed by atoms with van der Waals surface area (Å²) in [6.07, 6.45) is -0.0919. The molecular weight excluding hydrogens is 381 g/mol. The van der Waals surface area contributed by atoms with Crippen LogP contribution >= 0.6 is 0 Å². The average Bonchev–Trinajstić information content (AvgIpc) is 3.13. The van der Waals surface area contributed by atoms with E-state index in [0.29, 0.717) is 30.3 Å². The van der Waals surface area contributed by atoms with E-state index in [-0.39, 0.29) is 24.6 Å². The molecule has 8 heteroatoms. The number of halogens is 1. The third-order valence-electron chi connectivity index (χ3n) is 4.81. The number of carbonyl (C=O) groups is 3. The Labute approximate surface area is 166 Å². The van der Waals surface area contributed by atoms with Crippen LogP contribution in [0.3, 0.4) is 0 Å². The van der Waals surface area contributed by atoms with Gasteiger partial charge in [0.2, 0.25) is 5.91 Å². The maximum absolute atomic E-state index is 13.9. The summed E-state index contributed by atoms with van der Waals surface area (Å²) >= 11 is 0. The van der Waals surface area contributed by atoms with Crippen molar-refractivity contribution in [3.63, 3.8) is 0 Å². The van der Waals surface area contributed by atoms with E-state index in [1.807, 2.05) is 0 Å². The molecule has 1 fully saturated rings. The van der Waals surface area contributed by atoms with Gasteiger partial charge in [0.1, 0.15) is 19.0 Å². The number of amides is 1. The summed E-state index contributed by atoms with van der Waals surface area (Å²) < 4.78 is 29.9. The number of hydrogen-bond donors (Lipinski definition) is 0. The van der Waals surface area contributed by atoms with Crippen LogP contribution in [-0.4, -0.2) is 44.0 Å². The number of para-hydroxylation sites is 1. The topological polar surface area (TPSA) is 82.1 Å². The number of Topliss-reactive ketones (excluding diaryl/α,β-unsaturated/α-hetero) is 1. The minimum Gasteiger partial charge on any atom is -0.486 e. The van der Waals surface area contributed by atoms with Crippen LogP contribution in [0.15, 0.2) is 42.5 Å². The van der Waals surface area contributed by atoms with Crippen molar-refractivity contribution in [3.8, 4) is 11.5 Å². The van der Waals surface area contributed by atoms with E-state index in [4.69, 9.17) is 14.2 Å². The maximum Gasteiger partial charge on any atom is 0.311 e. The Morgan fingerprint density at radius 1 is 1.10 bits per heavy atom. The molecule has 0 aromatic heterocycles. The van der Waals surface area contributed by atoms with Crippen LogP contribution in [0, 0.1) is 11.7 Å². The number of esters is 1. The van der Waals surface area contributed by atoms with Gasteiger partial charge < -0.3 is 19.1 Å². The van der Waals surface area contributed by atoms with E-state index < -0.39 is 30.1 Å². The van der Waals surface area contributed by atoms with E-state index in [1.54, 1.807) is 24.3 Å². The van der Waals surface area contributed by atoms with Crippen LogP contribution in [0.25, 0.3) is 0 Å². The van der Waals surface area contributed by atoms with Gasteiger partial charge in [0.15, 0.2) is 23.9 Å². The molecule has 2 aliphatic rings. The van der Waals surface area contributed by atoms with Crippen LogP contribution in [0.5, 0.6) is 11.5 Å². The van der Waals surface area contributed by atoms with Gasteiger partial charge in [-0.1, -0.05) is 12.1 Å². The van der Waals surface area contributed by atoms with Crippen LogP contribution in [0.2, 0.25) is 0 Å². The van der Waals surface area contributed by atoms with Crippen molar-refractivity contribution >= 4 is 23.3 Å². The van der Waals surface area contributed by atoms with E-state index in [1.165, 1.54) is 23.1 Å². The zero-order valence-corrected chi connectivity index (χ0v) is 15.4. The Morgan fingerprint density at radius 2 is 1.86 bits per heavy atom. The van der Waals surface area contributed by atoms with E-state index in [2.05, 4.69) is 0 Å². The molecule has 0 aliphatic carbocycles. The lowest BCUT2D eigenvalue weighted by molar-refractivity contribution is -0.147. The fraction of sp³-hybridized carbons (Fsp3) is 0.286. The van der Waals surface area contributed by atoms with Gasteiger partial charge in [-0.05, 0) is 30.3 Å². The van der Waals surface area contributed by atoms with E-state index in [9.17, 15) is 18.8 Å².